The Morgan fingerprint density at radius 2 is 0.895 bits per heavy atom. The molecule has 0 unspecified atom stereocenters. The smallest absolute Gasteiger partial charge is 0.161 e. The SMILES string of the molecule is COc1cc(CNCCNCc2ccc(OCc3ccccc3)c(OC)c2)ccc1OCc1ccccc1. The van der Waals surface area contributed by atoms with Crippen molar-refractivity contribution in [1.82, 2.24) is 10.6 Å². The van der Waals surface area contributed by atoms with Crippen molar-refractivity contribution in [3.8, 4) is 23.0 Å². The van der Waals surface area contributed by atoms with Crippen molar-refractivity contribution in [2.75, 3.05) is 27.3 Å². The summed E-state index contributed by atoms with van der Waals surface area (Å²) >= 11 is 0. The van der Waals surface area contributed by atoms with Crippen LogP contribution < -0.4 is 29.6 Å². The molecular weight excluding hydrogens is 476 g/mol. The van der Waals surface area contributed by atoms with E-state index >= 15 is 0 Å². The summed E-state index contributed by atoms with van der Waals surface area (Å²) in [5.41, 5.74) is 4.53. The Kier molecular flexibility index (Phi) is 10.4. The average Bonchev–Trinajstić information content (AvgIpc) is 2.98. The third kappa shape index (κ3) is 8.26. The lowest BCUT2D eigenvalue weighted by atomic mass is 10.2. The van der Waals surface area contributed by atoms with E-state index in [0.29, 0.717) is 13.2 Å². The van der Waals surface area contributed by atoms with Gasteiger partial charge < -0.3 is 29.6 Å². The number of rotatable bonds is 15. The zero-order valence-electron chi connectivity index (χ0n) is 22.1. The van der Waals surface area contributed by atoms with E-state index in [2.05, 4.69) is 22.8 Å². The highest BCUT2D eigenvalue weighted by molar-refractivity contribution is 5.44. The van der Waals surface area contributed by atoms with E-state index in [-0.39, 0.29) is 0 Å². The molecular formula is C32H36N2O4. The van der Waals surface area contributed by atoms with Crippen LogP contribution in [0.15, 0.2) is 97.1 Å². The van der Waals surface area contributed by atoms with Gasteiger partial charge in [0.1, 0.15) is 13.2 Å². The second-order valence-electron chi connectivity index (χ2n) is 8.87. The Morgan fingerprint density at radius 3 is 1.29 bits per heavy atom. The Hall–Kier alpha value is -4.00. The van der Waals surface area contributed by atoms with Crippen LogP contribution in [0.5, 0.6) is 23.0 Å². The van der Waals surface area contributed by atoms with E-state index in [1.165, 1.54) is 0 Å². The number of hydrogen-bond donors (Lipinski definition) is 2. The molecule has 0 fully saturated rings. The van der Waals surface area contributed by atoms with Crippen molar-refractivity contribution >= 4 is 0 Å². The zero-order valence-corrected chi connectivity index (χ0v) is 22.1. The Morgan fingerprint density at radius 1 is 0.474 bits per heavy atom. The van der Waals surface area contributed by atoms with E-state index in [1.54, 1.807) is 14.2 Å². The summed E-state index contributed by atoms with van der Waals surface area (Å²) in [5, 5.41) is 6.95. The van der Waals surface area contributed by atoms with E-state index in [9.17, 15) is 0 Å². The van der Waals surface area contributed by atoms with E-state index in [0.717, 1.165) is 71.4 Å². The van der Waals surface area contributed by atoms with Crippen molar-refractivity contribution < 1.29 is 18.9 Å². The molecule has 38 heavy (non-hydrogen) atoms. The highest BCUT2D eigenvalue weighted by Crippen LogP contribution is 2.30. The zero-order chi connectivity index (χ0) is 26.4. The molecule has 0 aliphatic rings. The summed E-state index contributed by atoms with van der Waals surface area (Å²) < 4.78 is 23.0. The lowest BCUT2D eigenvalue weighted by Gasteiger charge is -2.14. The minimum Gasteiger partial charge on any atom is -0.493 e. The molecule has 2 N–H and O–H groups in total. The summed E-state index contributed by atoms with van der Waals surface area (Å²) in [5.74, 6) is 2.97. The van der Waals surface area contributed by atoms with E-state index in [1.807, 2.05) is 84.9 Å². The molecule has 6 nitrogen and oxygen atoms in total. The number of ether oxygens (including phenoxy) is 4. The molecule has 0 aromatic heterocycles. The second kappa shape index (κ2) is 14.7. The summed E-state index contributed by atoms with van der Waals surface area (Å²) in [6.45, 7) is 4.19. The third-order valence-corrected chi connectivity index (χ3v) is 6.07. The van der Waals surface area contributed by atoms with Crippen molar-refractivity contribution in [3.63, 3.8) is 0 Å². The molecule has 0 aliphatic carbocycles. The number of hydrogen-bond acceptors (Lipinski definition) is 6. The number of methoxy groups -OCH3 is 2. The fourth-order valence-electron chi connectivity index (χ4n) is 4.00. The quantitative estimate of drug-likeness (QED) is 0.198. The molecule has 198 valence electrons. The Bertz CT molecular complexity index is 1150. The lowest BCUT2D eigenvalue weighted by molar-refractivity contribution is 0.284. The van der Waals surface area contributed by atoms with Crippen LogP contribution >= 0.6 is 0 Å². The van der Waals surface area contributed by atoms with Crippen LogP contribution in [0, 0.1) is 0 Å². The maximum atomic E-state index is 5.95. The normalized spacial score (nSPS) is 10.7. The first-order valence-electron chi connectivity index (χ1n) is 12.8. The lowest BCUT2D eigenvalue weighted by Crippen LogP contribution is -2.26. The minimum atomic E-state index is 0.510. The largest absolute Gasteiger partial charge is 0.493 e. The van der Waals surface area contributed by atoms with E-state index in [4.69, 9.17) is 18.9 Å². The van der Waals surface area contributed by atoms with Gasteiger partial charge in [-0.15, -0.1) is 0 Å². The minimum absolute atomic E-state index is 0.510. The van der Waals surface area contributed by atoms with Crippen LogP contribution in [-0.2, 0) is 26.3 Å². The van der Waals surface area contributed by atoms with Gasteiger partial charge in [0.15, 0.2) is 23.0 Å². The maximum Gasteiger partial charge on any atom is 0.161 e. The molecule has 0 spiro atoms. The van der Waals surface area contributed by atoms with Gasteiger partial charge in [-0.2, -0.15) is 0 Å². The fourth-order valence-corrected chi connectivity index (χ4v) is 4.00. The fraction of sp³-hybridized carbons (Fsp3) is 0.250. The van der Waals surface area contributed by atoms with Crippen molar-refractivity contribution in [3.05, 3.63) is 119 Å². The molecule has 0 radical (unpaired) electrons. The van der Waals surface area contributed by atoms with Crippen LogP contribution in [0.1, 0.15) is 22.3 Å². The highest BCUT2D eigenvalue weighted by atomic mass is 16.5. The molecule has 4 aromatic carbocycles. The topological polar surface area (TPSA) is 61.0 Å². The van der Waals surface area contributed by atoms with Gasteiger partial charge in [-0.3, -0.25) is 0 Å². The molecule has 0 atom stereocenters. The van der Waals surface area contributed by atoms with Gasteiger partial charge in [0.25, 0.3) is 0 Å². The summed E-state index contributed by atoms with van der Waals surface area (Å²) in [6, 6.07) is 32.3. The summed E-state index contributed by atoms with van der Waals surface area (Å²) in [7, 11) is 3.34. The summed E-state index contributed by atoms with van der Waals surface area (Å²) in [4.78, 5) is 0. The van der Waals surface area contributed by atoms with Gasteiger partial charge >= 0.3 is 0 Å². The highest BCUT2D eigenvalue weighted by Gasteiger charge is 2.08. The van der Waals surface area contributed by atoms with Gasteiger partial charge in [0, 0.05) is 26.2 Å². The molecule has 4 rings (SSSR count). The van der Waals surface area contributed by atoms with Crippen molar-refractivity contribution in [2.45, 2.75) is 26.3 Å². The van der Waals surface area contributed by atoms with Crippen LogP contribution in [0.25, 0.3) is 0 Å². The first-order chi connectivity index (χ1) is 18.7. The van der Waals surface area contributed by atoms with Crippen LogP contribution in [0.2, 0.25) is 0 Å². The maximum absolute atomic E-state index is 5.95. The van der Waals surface area contributed by atoms with Gasteiger partial charge in [0.05, 0.1) is 14.2 Å². The summed E-state index contributed by atoms with van der Waals surface area (Å²) in [6.07, 6.45) is 0. The molecule has 0 saturated heterocycles. The molecule has 0 amide bonds. The van der Waals surface area contributed by atoms with Crippen molar-refractivity contribution in [1.29, 1.82) is 0 Å². The van der Waals surface area contributed by atoms with Gasteiger partial charge in [-0.1, -0.05) is 72.8 Å². The van der Waals surface area contributed by atoms with Crippen LogP contribution in [0.4, 0.5) is 0 Å². The van der Waals surface area contributed by atoms with Gasteiger partial charge in [0.2, 0.25) is 0 Å². The molecule has 0 bridgehead atoms. The van der Waals surface area contributed by atoms with Gasteiger partial charge in [-0.05, 0) is 46.5 Å². The first kappa shape index (κ1) is 27.0. The molecule has 0 aliphatic heterocycles. The van der Waals surface area contributed by atoms with E-state index < -0.39 is 0 Å². The van der Waals surface area contributed by atoms with Crippen LogP contribution in [0.3, 0.4) is 0 Å². The molecule has 0 saturated carbocycles. The standard InChI is InChI=1S/C32H36N2O4/c1-35-31-19-27(13-15-29(31)37-23-25-9-5-3-6-10-25)21-33-17-18-34-22-28-14-16-30(32(20-28)36-2)38-24-26-11-7-4-8-12-26/h3-16,19-20,33-34H,17-18,21-24H2,1-2H3. The third-order valence-electron chi connectivity index (χ3n) is 6.07. The number of nitrogens with one attached hydrogen (secondary N) is 2. The molecule has 6 heteroatoms. The number of benzene rings is 4. The average molecular weight is 513 g/mol. The molecule has 4 aromatic rings. The predicted molar refractivity (Wildman–Crippen MR) is 151 cm³/mol. The van der Waals surface area contributed by atoms with Gasteiger partial charge in [-0.25, -0.2) is 0 Å². The first-order valence-corrected chi connectivity index (χ1v) is 12.8. The second-order valence-corrected chi connectivity index (χ2v) is 8.87. The van der Waals surface area contributed by atoms with Crippen LogP contribution in [-0.4, -0.2) is 27.3 Å². The molecule has 0 heterocycles. The Labute approximate surface area is 225 Å². The van der Waals surface area contributed by atoms with Crippen molar-refractivity contribution in [2.24, 2.45) is 0 Å². The Balaban J connectivity index is 1.17. The monoisotopic (exact) mass is 512 g/mol. The predicted octanol–water partition coefficient (Wildman–Crippen LogP) is 5.74.